The van der Waals surface area contributed by atoms with Gasteiger partial charge in [0.15, 0.2) is 11.2 Å². The maximum absolute atomic E-state index is 13.8. The first-order valence-electron chi connectivity index (χ1n) is 15.0. The number of nitrogens with one attached hydrogen (secondary N) is 1. The minimum absolute atomic E-state index is 0.0193. The van der Waals surface area contributed by atoms with Crippen molar-refractivity contribution in [1.29, 1.82) is 0 Å². The van der Waals surface area contributed by atoms with Gasteiger partial charge in [-0.15, -0.1) is 0 Å². The maximum atomic E-state index is 13.8. The van der Waals surface area contributed by atoms with E-state index in [1.165, 1.54) is 0 Å². The molecule has 4 aliphatic carbocycles. The quantitative estimate of drug-likeness (QED) is 0.179. The number of aromatic amines is 1. The lowest BCUT2D eigenvalue weighted by Gasteiger charge is -2.27. The van der Waals surface area contributed by atoms with Crippen molar-refractivity contribution in [2.45, 2.75) is 51.4 Å². The van der Waals surface area contributed by atoms with Gasteiger partial charge in [0.25, 0.3) is 5.56 Å². The van der Waals surface area contributed by atoms with Crippen molar-refractivity contribution in [2.75, 3.05) is 7.11 Å². The Bertz CT molecular complexity index is 2550. The lowest BCUT2D eigenvalue weighted by Crippen LogP contribution is -2.51. The maximum Gasteiger partial charge on any atom is 0.260 e. The molecule has 0 unspecified atom stereocenters. The number of pyridine rings is 1. The van der Waals surface area contributed by atoms with Crippen molar-refractivity contribution in [2.24, 2.45) is 0 Å². The van der Waals surface area contributed by atoms with Gasteiger partial charge in [-0.25, -0.2) is 0 Å². The van der Waals surface area contributed by atoms with Crippen LogP contribution in [0.1, 0.15) is 61.9 Å². The zero-order valence-electron chi connectivity index (χ0n) is 25.4. The van der Waals surface area contributed by atoms with Crippen molar-refractivity contribution >= 4 is 34.4 Å². The normalized spacial score (nSPS) is 17.5. The van der Waals surface area contributed by atoms with Gasteiger partial charge in [0.05, 0.1) is 33.4 Å². The molecule has 1 spiro atoms. The SMILES string of the molecule is C/C=C/C=C/c1cc2c(/C=C/CCCC)c3c(c(O)c2c(=O)[nH]1)[C@@]1(CC3)C(O)=c2c(=O)c3c(=O)cc(OC)c(=O)c=3c(=O)c2=C1O. The van der Waals surface area contributed by atoms with E-state index in [1.807, 2.05) is 25.2 Å². The van der Waals surface area contributed by atoms with Crippen LogP contribution in [0, 0.1) is 10.4 Å². The Labute approximate surface area is 260 Å². The number of unbranched alkanes of at least 4 members (excludes halogenated alkanes) is 2. The third-order valence-electron chi connectivity index (χ3n) is 9.08. The Morgan fingerprint density at radius 1 is 0.913 bits per heavy atom. The molecular weight excluding hydrogens is 590 g/mol. The second kappa shape index (κ2) is 11.1. The summed E-state index contributed by atoms with van der Waals surface area (Å²) in [5.74, 6) is -2.44. The number of fused-ring (bicyclic) bond motifs is 4. The standard InChI is InChI=1S/C36H31NO9/c1-4-6-8-10-12-18-19-13-14-36(28(19)32(42)23-20(18)15-17(37-35(23)45)11-9-7-5-2)33(43)26-27(34(36)44)31(41)25-24(30(26)40)21(38)16-22(46-3)29(25)39/h5,7,9-12,15-16,42-44H,4,6,8,13-14H2,1-3H3,(H,37,45)/b7-5+,11-9+,12-10+/t36-/m0/s1. The van der Waals surface area contributed by atoms with Crippen molar-refractivity contribution in [3.8, 4) is 11.5 Å². The summed E-state index contributed by atoms with van der Waals surface area (Å²) in [5, 5.41) is 33.1. The predicted molar refractivity (Wildman–Crippen MR) is 176 cm³/mol. The van der Waals surface area contributed by atoms with Crippen LogP contribution in [0.4, 0.5) is 0 Å². The van der Waals surface area contributed by atoms with E-state index in [9.17, 15) is 39.3 Å². The first-order valence-corrected chi connectivity index (χ1v) is 15.0. The molecule has 10 nitrogen and oxygen atoms in total. The number of allylic oxidation sites excluding steroid dienone is 4. The third-order valence-corrected chi connectivity index (χ3v) is 9.08. The number of aromatic nitrogens is 1. The zero-order valence-corrected chi connectivity index (χ0v) is 25.4. The average molecular weight is 622 g/mol. The molecule has 4 aliphatic rings. The van der Waals surface area contributed by atoms with Gasteiger partial charge in [0.1, 0.15) is 22.7 Å². The number of phenolic OH excluding ortho intramolecular Hbond substituents is 1. The van der Waals surface area contributed by atoms with Crippen LogP contribution in [-0.2, 0) is 11.8 Å². The highest BCUT2D eigenvalue weighted by Crippen LogP contribution is 2.55. The summed E-state index contributed by atoms with van der Waals surface area (Å²) in [7, 11) is 1.14. The predicted octanol–water partition coefficient (Wildman–Crippen LogP) is 2.31. The van der Waals surface area contributed by atoms with Gasteiger partial charge in [-0.05, 0) is 49.5 Å². The molecule has 0 fully saturated rings. The minimum Gasteiger partial charge on any atom is -0.510 e. The highest BCUT2D eigenvalue weighted by molar-refractivity contribution is 6.00. The van der Waals surface area contributed by atoms with Gasteiger partial charge >= 0.3 is 0 Å². The molecule has 0 saturated heterocycles. The molecule has 1 aromatic heterocycles. The minimum atomic E-state index is -1.98. The molecule has 6 rings (SSSR count). The van der Waals surface area contributed by atoms with Gasteiger partial charge in [-0.2, -0.15) is 0 Å². The fraction of sp³-hybridized carbons (Fsp3) is 0.250. The molecule has 46 heavy (non-hydrogen) atoms. The molecule has 234 valence electrons. The summed E-state index contributed by atoms with van der Waals surface area (Å²) >= 11 is 0. The van der Waals surface area contributed by atoms with Crippen LogP contribution in [0.2, 0.25) is 0 Å². The molecule has 0 amide bonds. The van der Waals surface area contributed by atoms with Crippen LogP contribution >= 0.6 is 0 Å². The topological polar surface area (TPSA) is 171 Å². The van der Waals surface area contributed by atoms with Gasteiger partial charge in [-0.3, -0.25) is 24.0 Å². The van der Waals surface area contributed by atoms with E-state index in [4.69, 9.17) is 4.74 Å². The van der Waals surface area contributed by atoms with Crippen molar-refractivity contribution in [1.82, 2.24) is 4.98 Å². The molecule has 10 heteroatoms. The summed E-state index contributed by atoms with van der Waals surface area (Å²) in [6, 6.07) is 2.53. The van der Waals surface area contributed by atoms with Crippen LogP contribution in [0.25, 0.3) is 34.4 Å². The number of H-pyrrole nitrogens is 1. The molecule has 2 aromatic rings. The first-order chi connectivity index (χ1) is 22.0. The molecule has 0 saturated carbocycles. The Hall–Kier alpha value is -5.51. The molecule has 1 aromatic carbocycles. The van der Waals surface area contributed by atoms with E-state index in [0.717, 1.165) is 32.4 Å². The van der Waals surface area contributed by atoms with Crippen molar-refractivity contribution in [3.63, 3.8) is 0 Å². The van der Waals surface area contributed by atoms with Crippen LogP contribution in [0.5, 0.6) is 11.5 Å². The number of hydrogen-bond donors (Lipinski definition) is 4. The number of hydrogen-bond acceptors (Lipinski definition) is 9. The number of rotatable bonds is 7. The molecule has 0 radical (unpaired) electrons. The summed E-state index contributed by atoms with van der Waals surface area (Å²) in [5.41, 5.74) is -5.21. The zero-order chi connectivity index (χ0) is 33.1. The third kappa shape index (κ3) is 4.06. The van der Waals surface area contributed by atoms with Crippen LogP contribution in [0.15, 0.2) is 60.4 Å². The van der Waals surface area contributed by atoms with E-state index >= 15 is 0 Å². The van der Waals surface area contributed by atoms with Crippen molar-refractivity contribution < 1.29 is 20.1 Å². The van der Waals surface area contributed by atoms with Gasteiger partial charge in [-0.1, -0.05) is 50.1 Å². The van der Waals surface area contributed by atoms with Crippen LogP contribution < -0.4 is 42.4 Å². The van der Waals surface area contributed by atoms with E-state index in [0.29, 0.717) is 22.2 Å². The summed E-state index contributed by atoms with van der Waals surface area (Å²) in [6.07, 6.45) is 13.6. The van der Waals surface area contributed by atoms with E-state index in [-0.39, 0.29) is 23.8 Å². The largest absolute Gasteiger partial charge is 0.510 e. The van der Waals surface area contributed by atoms with Crippen molar-refractivity contribution in [3.05, 3.63) is 131 Å². The Kier molecular flexibility index (Phi) is 7.39. The highest BCUT2D eigenvalue weighted by Gasteiger charge is 2.53. The van der Waals surface area contributed by atoms with Crippen LogP contribution in [0.3, 0.4) is 0 Å². The van der Waals surface area contributed by atoms with Gasteiger partial charge in [0.2, 0.25) is 16.3 Å². The highest BCUT2D eigenvalue weighted by atomic mass is 16.5. The lowest BCUT2D eigenvalue weighted by atomic mass is 9.77. The number of aliphatic hydroxyl groups excluding tert-OH is 2. The molecule has 1 atom stereocenters. The fourth-order valence-electron chi connectivity index (χ4n) is 6.97. The Morgan fingerprint density at radius 3 is 2.26 bits per heavy atom. The number of phenols is 1. The number of ether oxygens (including phenoxy) is 1. The first kappa shape index (κ1) is 30.5. The molecular formula is C36H31NO9. The monoisotopic (exact) mass is 621 g/mol. The van der Waals surface area contributed by atoms with Gasteiger partial charge < -0.3 is 25.0 Å². The Morgan fingerprint density at radius 2 is 1.61 bits per heavy atom. The number of methoxy groups -OCH3 is 1. The number of aliphatic hydroxyl groups is 2. The number of aromatic hydroxyl groups is 1. The van der Waals surface area contributed by atoms with Gasteiger partial charge in [0, 0.05) is 22.7 Å². The van der Waals surface area contributed by atoms with E-state index in [2.05, 4.69) is 11.9 Å². The lowest BCUT2D eigenvalue weighted by molar-refractivity contribution is 0.362. The second-order valence-electron chi connectivity index (χ2n) is 11.6. The average Bonchev–Trinajstić information content (AvgIpc) is 3.53. The van der Waals surface area contributed by atoms with E-state index in [1.54, 1.807) is 24.3 Å². The molecule has 0 bridgehead atoms. The molecule has 4 N–H and O–H groups in total. The second-order valence-corrected chi connectivity index (χ2v) is 11.6. The molecule has 1 heterocycles. The molecule has 0 aliphatic heterocycles. The fourth-order valence-corrected chi connectivity index (χ4v) is 6.97. The summed E-state index contributed by atoms with van der Waals surface area (Å²) in [6.45, 7) is 3.91. The smallest absolute Gasteiger partial charge is 0.260 e. The Balaban J connectivity index is 1.77. The number of benzene rings is 1. The van der Waals surface area contributed by atoms with Crippen LogP contribution in [-0.4, -0.2) is 27.4 Å². The summed E-state index contributed by atoms with van der Waals surface area (Å²) in [4.78, 5) is 69.8. The summed E-state index contributed by atoms with van der Waals surface area (Å²) < 4.78 is 4.94. The van der Waals surface area contributed by atoms with E-state index < -0.39 is 76.6 Å².